The first-order valence-electron chi connectivity index (χ1n) is 9.05. The van der Waals surface area contributed by atoms with E-state index in [1.54, 1.807) is 0 Å². The molecule has 2 aliphatic rings. The van der Waals surface area contributed by atoms with Crippen LogP contribution in [0.5, 0.6) is 0 Å². The third-order valence-corrected chi connectivity index (χ3v) is 6.06. The number of hydrogen-bond acceptors (Lipinski definition) is 3. The van der Waals surface area contributed by atoms with Crippen molar-refractivity contribution in [3.63, 3.8) is 0 Å². The summed E-state index contributed by atoms with van der Waals surface area (Å²) < 4.78 is 0. The minimum atomic E-state index is 0. The fourth-order valence-corrected chi connectivity index (χ4v) is 4.40. The largest absolute Gasteiger partial charge is 0.357 e. The van der Waals surface area contributed by atoms with Gasteiger partial charge in [-0.3, -0.25) is 4.99 Å². The summed E-state index contributed by atoms with van der Waals surface area (Å²) in [5.74, 6) is 1.76. The van der Waals surface area contributed by atoms with Crippen molar-refractivity contribution in [2.45, 2.75) is 57.2 Å². The van der Waals surface area contributed by atoms with E-state index in [0.717, 1.165) is 30.2 Å². The molecule has 0 amide bonds. The third-order valence-electron chi connectivity index (χ3n) is 4.96. The van der Waals surface area contributed by atoms with Crippen molar-refractivity contribution in [2.75, 3.05) is 39.0 Å². The summed E-state index contributed by atoms with van der Waals surface area (Å²) in [6.07, 6.45) is 8.79. The number of aliphatic imine (C=N–C) groups is 1. The maximum absolute atomic E-state index is 4.88. The lowest BCUT2D eigenvalue weighted by Crippen LogP contribution is -2.43. The summed E-state index contributed by atoms with van der Waals surface area (Å²) in [6.45, 7) is 9.98. The molecule has 2 rings (SSSR count). The molecule has 1 saturated carbocycles. The SMILES string of the molecule is CCNC(=NCC1CCCN(CC)C1)NC1CCC(SC)C1.I. The molecule has 23 heavy (non-hydrogen) atoms. The van der Waals surface area contributed by atoms with Gasteiger partial charge in [-0.2, -0.15) is 11.8 Å². The molecule has 1 heterocycles. The Morgan fingerprint density at radius 2 is 2.09 bits per heavy atom. The number of hydrogen-bond donors (Lipinski definition) is 2. The van der Waals surface area contributed by atoms with Gasteiger partial charge in [0.05, 0.1) is 0 Å². The average Bonchev–Trinajstić information content (AvgIpc) is 3.00. The fourth-order valence-electron chi connectivity index (χ4n) is 3.61. The van der Waals surface area contributed by atoms with Crippen LogP contribution in [0.1, 0.15) is 46.0 Å². The fraction of sp³-hybridized carbons (Fsp3) is 0.941. The highest BCUT2D eigenvalue weighted by molar-refractivity contribution is 14.0. The molecule has 6 heteroatoms. The van der Waals surface area contributed by atoms with Gasteiger partial charge in [0.15, 0.2) is 5.96 Å². The predicted molar refractivity (Wildman–Crippen MR) is 114 cm³/mol. The van der Waals surface area contributed by atoms with E-state index in [-0.39, 0.29) is 24.0 Å². The molecule has 0 aromatic carbocycles. The Bertz CT molecular complexity index is 353. The Morgan fingerprint density at radius 3 is 2.74 bits per heavy atom. The maximum atomic E-state index is 4.88. The molecule has 3 unspecified atom stereocenters. The lowest BCUT2D eigenvalue weighted by Gasteiger charge is -2.31. The van der Waals surface area contributed by atoms with Crippen LogP contribution in [0.4, 0.5) is 0 Å². The summed E-state index contributed by atoms with van der Waals surface area (Å²) in [7, 11) is 0. The van der Waals surface area contributed by atoms with Crippen molar-refractivity contribution in [2.24, 2.45) is 10.9 Å². The predicted octanol–water partition coefficient (Wildman–Crippen LogP) is 3.18. The minimum absolute atomic E-state index is 0. The van der Waals surface area contributed by atoms with Gasteiger partial charge in [-0.05, 0) is 64.3 Å². The molecule has 1 saturated heterocycles. The molecule has 1 aliphatic heterocycles. The van der Waals surface area contributed by atoms with E-state index in [9.17, 15) is 0 Å². The number of thioether (sulfide) groups is 1. The maximum Gasteiger partial charge on any atom is 0.191 e. The van der Waals surface area contributed by atoms with Gasteiger partial charge in [-0.15, -0.1) is 24.0 Å². The van der Waals surface area contributed by atoms with Crippen LogP contribution in [0.15, 0.2) is 4.99 Å². The summed E-state index contributed by atoms with van der Waals surface area (Å²) in [4.78, 5) is 7.44. The highest BCUT2D eigenvalue weighted by Crippen LogP contribution is 2.28. The second-order valence-corrected chi connectivity index (χ2v) is 7.77. The first-order valence-corrected chi connectivity index (χ1v) is 10.3. The normalized spacial score (nSPS) is 29.2. The molecule has 4 nitrogen and oxygen atoms in total. The van der Waals surface area contributed by atoms with Crippen molar-refractivity contribution < 1.29 is 0 Å². The number of halogens is 1. The molecular formula is C17H35IN4S. The Hall–Kier alpha value is 0.310. The standard InChI is InChI=1S/C17H34N4S.HI/c1-4-18-17(20-15-8-9-16(11-15)22-3)19-12-14-7-6-10-21(5-2)13-14;/h14-16H,4-13H2,1-3H3,(H2,18,19,20);1H. The van der Waals surface area contributed by atoms with Crippen LogP contribution >= 0.6 is 35.7 Å². The second kappa shape index (κ2) is 11.8. The number of rotatable bonds is 6. The van der Waals surface area contributed by atoms with Crippen molar-refractivity contribution in [1.29, 1.82) is 0 Å². The van der Waals surface area contributed by atoms with Crippen LogP contribution in [0.2, 0.25) is 0 Å². The highest BCUT2D eigenvalue weighted by Gasteiger charge is 2.24. The van der Waals surface area contributed by atoms with Crippen LogP contribution < -0.4 is 10.6 Å². The van der Waals surface area contributed by atoms with Gasteiger partial charge < -0.3 is 15.5 Å². The molecule has 0 bridgehead atoms. The molecule has 2 N–H and O–H groups in total. The van der Waals surface area contributed by atoms with E-state index in [4.69, 9.17) is 4.99 Å². The van der Waals surface area contributed by atoms with E-state index >= 15 is 0 Å². The first-order chi connectivity index (χ1) is 10.7. The number of piperidine rings is 1. The smallest absolute Gasteiger partial charge is 0.191 e. The number of guanidine groups is 1. The van der Waals surface area contributed by atoms with Gasteiger partial charge in [0.1, 0.15) is 0 Å². The highest BCUT2D eigenvalue weighted by atomic mass is 127. The Labute approximate surface area is 164 Å². The summed E-state index contributed by atoms with van der Waals surface area (Å²) in [5.41, 5.74) is 0. The zero-order valence-corrected chi connectivity index (χ0v) is 18.2. The van der Waals surface area contributed by atoms with Gasteiger partial charge in [0, 0.05) is 30.9 Å². The van der Waals surface area contributed by atoms with Gasteiger partial charge in [-0.25, -0.2) is 0 Å². The second-order valence-electron chi connectivity index (χ2n) is 6.63. The molecule has 2 fully saturated rings. The Morgan fingerprint density at radius 1 is 1.26 bits per heavy atom. The van der Waals surface area contributed by atoms with E-state index in [1.807, 2.05) is 11.8 Å². The minimum Gasteiger partial charge on any atom is -0.357 e. The average molecular weight is 454 g/mol. The van der Waals surface area contributed by atoms with Crippen molar-refractivity contribution in [1.82, 2.24) is 15.5 Å². The lowest BCUT2D eigenvalue weighted by molar-refractivity contribution is 0.186. The van der Waals surface area contributed by atoms with Crippen LogP contribution in [-0.4, -0.2) is 61.1 Å². The van der Waals surface area contributed by atoms with Gasteiger partial charge >= 0.3 is 0 Å². The Balaban J connectivity index is 0.00000264. The summed E-state index contributed by atoms with van der Waals surface area (Å²) >= 11 is 2.01. The van der Waals surface area contributed by atoms with E-state index in [1.165, 1.54) is 51.7 Å². The Kier molecular flexibility index (Phi) is 10.9. The van der Waals surface area contributed by atoms with Gasteiger partial charge in [0.25, 0.3) is 0 Å². The number of nitrogens with zero attached hydrogens (tertiary/aromatic N) is 2. The number of nitrogens with one attached hydrogen (secondary N) is 2. The zero-order valence-electron chi connectivity index (χ0n) is 15.0. The van der Waals surface area contributed by atoms with E-state index < -0.39 is 0 Å². The lowest BCUT2D eigenvalue weighted by atomic mass is 9.98. The number of likely N-dealkylation sites (tertiary alicyclic amines) is 1. The molecular weight excluding hydrogens is 419 g/mol. The third kappa shape index (κ3) is 7.38. The quantitative estimate of drug-likeness (QED) is 0.368. The van der Waals surface area contributed by atoms with E-state index in [0.29, 0.717) is 6.04 Å². The molecule has 1 aliphatic carbocycles. The molecule has 0 radical (unpaired) electrons. The molecule has 0 aromatic rings. The molecule has 3 atom stereocenters. The van der Waals surface area contributed by atoms with Crippen LogP contribution in [0.3, 0.4) is 0 Å². The monoisotopic (exact) mass is 454 g/mol. The van der Waals surface area contributed by atoms with Crippen molar-refractivity contribution in [3.8, 4) is 0 Å². The van der Waals surface area contributed by atoms with Crippen molar-refractivity contribution in [3.05, 3.63) is 0 Å². The first kappa shape index (κ1) is 21.4. The van der Waals surface area contributed by atoms with Crippen molar-refractivity contribution >= 4 is 41.7 Å². The van der Waals surface area contributed by atoms with E-state index in [2.05, 4.69) is 35.6 Å². The topological polar surface area (TPSA) is 39.7 Å². The van der Waals surface area contributed by atoms with Crippen LogP contribution in [0, 0.1) is 5.92 Å². The van der Waals surface area contributed by atoms with Gasteiger partial charge in [0.2, 0.25) is 0 Å². The molecule has 0 spiro atoms. The molecule has 0 aromatic heterocycles. The summed E-state index contributed by atoms with van der Waals surface area (Å²) in [5, 5.41) is 7.91. The zero-order chi connectivity index (χ0) is 15.8. The van der Waals surface area contributed by atoms with Crippen LogP contribution in [0.25, 0.3) is 0 Å². The molecule has 136 valence electrons. The van der Waals surface area contributed by atoms with Gasteiger partial charge in [-0.1, -0.05) is 6.92 Å². The van der Waals surface area contributed by atoms with Crippen LogP contribution in [-0.2, 0) is 0 Å². The summed E-state index contributed by atoms with van der Waals surface area (Å²) in [6, 6.07) is 0.605.